The van der Waals surface area contributed by atoms with E-state index in [1.165, 1.54) is 19.3 Å². The van der Waals surface area contributed by atoms with Gasteiger partial charge in [-0.15, -0.1) is 0 Å². The van der Waals surface area contributed by atoms with Crippen LogP contribution in [0.25, 0.3) is 0 Å². The van der Waals surface area contributed by atoms with Gasteiger partial charge in [-0.2, -0.15) is 0 Å². The average molecular weight is 255 g/mol. The zero-order valence-corrected chi connectivity index (χ0v) is 10.7. The Balaban J connectivity index is 1.93. The first kappa shape index (κ1) is 12.7. The van der Waals surface area contributed by atoms with Crippen LogP contribution in [0.5, 0.6) is 0 Å². The van der Waals surface area contributed by atoms with Crippen molar-refractivity contribution in [3.63, 3.8) is 0 Å². The molecule has 4 heteroatoms. The monoisotopic (exact) mass is 254 g/mol. The lowest BCUT2D eigenvalue weighted by Crippen LogP contribution is -2.35. The van der Waals surface area contributed by atoms with Crippen molar-refractivity contribution in [1.82, 2.24) is 4.98 Å². The molecule has 1 saturated carbocycles. The quantitative estimate of drug-likeness (QED) is 0.868. The lowest BCUT2D eigenvalue weighted by Gasteiger charge is -2.35. The van der Waals surface area contributed by atoms with E-state index in [0.29, 0.717) is 5.02 Å². The molecule has 0 unspecified atom stereocenters. The number of anilines is 1. The number of nitrogens with one attached hydrogen (secondary N) is 1. The van der Waals surface area contributed by atoms with Gasteiger partial charge in [0.05, 0.1) is 11.6 Å². The zero-order chi connectivity index (χ0) is 12.1. The van der Waals surface area contributed by atoms with E-state index in [4.69, 9.17) is 11.6 Å². The van der Waals surface area contributed by atoms with Crippen LogP contribution in [0.2, 0.25) is 5.02 Å². The summed E-state index contributed by atoms with van der Waals surface area (Å²) in [6.07, 6.45) is 7.57. The number of halogens is 1. The van der Waals surface area contributed by atoms with Gasteiger partial charge in [-0.05, 0) is 25.0 Å². The van der Waals surface area contributed by atoms with Gasteiger partial charge >= 0.3 is 0 Å². The summed E-state index contributed by atoms with van der Waals surface area (Å²) in [5, 5.41) is 13.5. The van der Waals surface area contributed by atoms with E-state index in [0.717, 1.165) is 25.2 Å². The molecule has 1 aromatic rings. The second-order valence-electron chi connectivity index (χ2n) is 4.93. The molecule has 94 valence electrons. The summed E-state index contributed by atoms with van der Waals surface area (Å²) in [5.74, 6) is 0.827. The maximum absolute atomic E-state index is 9.58. The van der Waals surface area contributed by atoms with Gasteiger partial charge in [0.1, 0.15) is 5.82 Å². The van der Waals surface area contributed by atoms with Crippen LogP contribution in [-0.4, -0.2) is 23.2 Å². The average Bonchev–Trinajstić information content (AvgIpc) is 2.39. The highest BCUT2D eigenvalue weighted by Gasteiger charge is 2.31. The largest absolute Gasteiger partial charge is 0.396 e. The fourth-order valence-electron chi connectivity index (χ4n) is 2.45. The van der Waals surface area contributed by atoms with E-state index in [1.54, 1.807) is 6.20 Å². The summed E-state index contributed by atoms with van der Waals surface area (Å²) in [6.45, 7) is 1.05. The van der Waals surface area contributed by atoms with Gasteiger partial charge in [0.15, 0.2) is 0 Å². The van der Waals surface area contributed by atoms with E-state index >= 15 is 0 Å². The van der Waals surface area contributed by atoms with Gasteiger partial charge in [0.25, 0.3) is 0 Å². The zero-order valence-electron chi connectivity index (χ0n) is 9.95. The normalized spacial score (nSPS) is 18.9. The molecule has 0 radical (unpaired) electrons. The lowest BCUT2D eigenvalue weighted by atomic mass is 9.74. The topological polar surface area (TPSA) is 45.1 Å². The molecule has 3 nitrogen and oxygen atoms in total. The Kier molecular flexibility index (Phi) is 4.24. The summed E-state index contributed by atoms with van der Waals surface area (Å²) in [7, 11) is 0. The first-order valence-corrected chi connectivity index (χ1v) is 6.58. The second kappa shape index (κ2) is 5.69. The first-order chi connectivity index (χ1) is 8.24. The molecule has 0 saturated heterocycles. The molecule has 0 spiro atoms. The Morgan fingerprint density at radius 2 is 2.06 bits per heavy atom. The maximum Gasteiger partial charge on any atom is 0.126 e. The highest BCUT2D eigenvalue weighted by molar-refractivity contribution is 6.30. The maximum atomic E-state index is 9.58. The lowest BCUT2D eigenvalue weighted by molar-refractivity contribution is 0.0943. The second-order valence-corrected chi connectivity index (χ2v) is 5.37. The predicted molar refractivity (Wildman–Crippen MR) is 70.3 cm³/mol. The Hall–Kier alpha value is -0.800. The van der Waals surface area contributed by atoms with Crippen molar-refractivity contribution < 1.29 is 5.11 Å². The summed E-state index contributed by atoms with van der Waals surface area (Å²) in [5.41, 5.74) is 0.0412. The molecule has 2 rings (SSSR count). The highest BCUT2D eigenvalue weighted by Crippen LogP contribution is 2.35. The third-order valence-electron chi connectivity index (χ3n) is 3.62. The fourth-order valence-corrected chi connectivity index (χ4v) is 2.56. The van der Waals surface area contributed by atoms with Crippen molar-refractivity contribution in [2.75, 3.05) is 18.5 Å². The number of aliphatic hydroxyl groups excluding tert-OH is 1. The molecule has 17 heavy (non-hydrogen) atoms. The van der Waals surface area contributed by atoms with Crippen molar-refractivity contribution in [3.8, 4) is 0 Å². The summed E-state index contributed by atoms with van der Waals surface area (Å²) in [4.78, 5) is 4.20. The van der Waals surface area contributed by atoms with Crippen LogP contribution in [0, 0.1) is 5.41 Å². The molecule has 1 fully saturated rings. The number of hydrogen-bond donors (Lipinski definition) is 2. The van der Waals surface area contributed by atoms with E-state index in [2.05, 4.69) is 10.3 Å². The molecular weight excluding hydrogens is 236 g/mol. The predicted octanol–water partition coefficient (Wildman–Crippen LogP) is 3.09. The van der Waals surface area contributed by atoms with Crippen LogP contribution in [-0.2, 0) is 0 Å². The van der Waals surface area contributed by atoms with E-state index in [-0.39, 0.29) is 12.0 Å². The molecule has 0 aromatic carbocycles. The Morgan fingerprint density at radius 1 is 1.29 bits per heavy atom. The number of hydrogen-bond acceptors (Lipinski definition) is 3. The number of aromatic nitrogens is 1. The van der Waals surface area contributed by atoms with Crippen molar-refractivity contribution in [2.24, 2.45) is 5.41 Å². The standard InChI is InChI=1S/C13H19ClN2O/c14-11-4-5-12(15-8-11)16-9-13(10-17)6-2-1-3-7-13/h4-5,8,17H,1-3,6-7,9-10H2,(H,15,16). The van der Waals surface area contributed by atoms with E-state index in [9.17, 15) is 5.11 Å². The van der Waals surface area contributed by atoms with Gasteiger partial charge in [-0.1, -0.05) is 30.9 Å². The molecule has 0 aliphatic heterocycles. The minimum atomic E-state index is 0.0412. The van der Waals surface area contributed by atoms with Gasteiger partial charge in [-0.25, -0.2) is 4.98 Å². The molecule has 1 aliphatic rings. The minimum absolute atomic E-state index is 0.0412. The molecule has 1 aliphatic carbocycles. The van der Waals surface area contributed by atoms with Crippen LogP contribution < -0.4 is 5.32 Å². The number of pyridine rings is 1. The summed E-state index contributed by atoms with van der Waals surface area (Å²) in [6, 6.07) is 3.69. The molecule has 0 bridgehead atoms. The van der Waals surface area contributed by atoms with Crippen LogP contribution in [0.1, 0.15) is 32.1 Å². The smallest absolute Gasteiger partial charge is 0.126 e. The van der Waals surface area contributed by atoms with Crippen molar-refractivity contribution in [2.45, 2.75) is 32.1 Å². The molecule has 1 aromatic heterocycles. The molecule has 2 N–H and O–H groups in total. The molecule has 0 atom stereocenters. The van der Waals surface area contributed by atoms with Gasteiger partial charge in [-0.3, -0.25) is 0 Å². The Labute approximate surface area is 107 Å². The van der Waals surface area contributed by atoms with Crippen LogP contribution in [0.15, 0.2) is 18.3 Å². The van der Waals surface area contributed by atoms with Crippen molar-refractivity contribution in [1.29, 1.82) is 0 Å². The minimum Gasteiger partial charge on any atom is -0.396 e. The van der Waals surface area contributed by atoms with Crippen LogP contribution >= 0.6 is 11.6 Å². The number of nitrogens with zero attached hydrogens (tertiary/aromatic N) is 1. The molecular formula is C13H19ClN2O. The first-order valence-electron chi connectivity index (χ1n) is 6.20. The third-order valence-corrected chi connectivity index (χ3v) is 3.85. The Morgan fingerprint density at radius 3 is 2.65 bits per heavy atom. The van der Waals surface area contributed by atoms with Gasteiger partial charge in [0.2, 0.25) is 0 Å². The summed E-state index contributed by atoms with van der Waals surface area (Å²) >= 11 is 5.78. The number of rotatable bonds is 4. The molecule has 1 heterocycles. The highest BCUT2D eigenvalue weighted by atomic mass is 35.5. The molecule has 0 amide bonds. The van der Waals surface area contributed by atoms with Crippen LogP contribution in [0.3, 0.4) is 0 Å². The van der Waals surface area contributed by atoms with E-state index in [1.807, 2.05) is 12.1 Å². The SMILES string of the molecule is OCC1(CNc2ccc(Cl)cn2)CCCCC1. The third kappa shape index (κ3) is 3.33. The van der Waals surface area contributed by atoms with Crippen LogP contribution in [0.4, 0.5) is 5.82 Å². The van der Waals surface area contributed by atoms with Gasteiger partial charge < -0.3 is 10.4 Å². The number of aliphatic hydroxyl groups is 1. The fraction of sp³-hybridized carbons (Fsp3) is 0.615. The summed E-state index contributed by atoms with van der Waals surface area (Å²) < 4.78 is 0. The van der Waals surface area contributed by atoms with Crippen molar-refractivity contribution >= 4 is 17.4 Å². The van der Waals surface area contributed by atoms with E-state index < -0.39 is 0 Å². The van der Waals surface area contributed by atoms with Gasteiger partial charge in [0, 0.05) is 18.2 Å². The van der Waals surface area contributed by atoms with Crippen molar-refractivity contribution in [3.05, 3.63) is 23.4 Å². The Bertz CT molecular complexity index is 347.